The van der Waals surface area contributed by atoms with Gasteiger partial charge in [-0.1, -0.05) is 6.07 Å². The Morgan fingerprint density at radius 2 is 2.35 bits per heavy atom. The zero-order valence-corrected chi connectivity index (χ0v) is 10.0. The van der Waals surface area contributed by atoms with E-state index >= 15 is 0 Å². The molecule has 4 heteroatoms. The van der Waals surface area contributed by atoms with Crippen molar-refractivity contribution in [3.63, 3.8) is 0 Å². The summed E-state index contributed by atoms with van der Waals surface area (Å²) in [6.45, 7) is 2.13. The van der Waals surface area contributed by atoms with Crippen LogP contribution in [-0.4, -0.2) is 19.6 Å². The van der Waals surface area contributed by atoms with E-state index in [0.29, 0.717) is 19.4 Å². The van der Waals surface area contributed by atoms with Gasteiger partial charge in [-0.15, -0.1) is 0 Å². The third-order valence-corrected chi connectivity index (χ3v) is 3.35. The number of ether oxygens (including phenoxy) is 1. The molecule has 1 atom stereocenters. The minimum absolute atomic E-state index is 0.264. The van der Waals surface area contributed by atoms with Gasteiger partial charge in [0, 0.05) is 0 Å². The highest BCUT2D eigenvalue weighted by molar-refractivity contribution is 5.84. The Kier molecular flexibility index (Phi) is 3.15. The number of fused-ring (bicyclic) bond motifs is 1. The van der Waals surface area contributed by atoms with Gasteiger partial charge in [-0.25, -0.2) is 9.18 Å². The van der Waals surface area contributed by atoms with Crippen LogP contribution < -0.4 is 5.32 Å². The third-order valence-electron chi connectivity index (χ3n) is 3.35. The van der Waals surface area contributed by atoms with Crippen molar-refractivity contribution in [2.24, 2.45) is 0 Å². The van der Waals surface area contributed by atoms with Crippen LogP contribution in [0.1, 0.15) is 24.5 Å². The van der Waals surface area contributed by atoms with Gasteiger partial charge in [-0.2, -0.15) is 0 Å². The van der Waals surface area contributed by atoms with Gasteiger partial charge >= 0.3 is 5.97 Å². The lowest BCUT2D eigenvalue weighted by molar-refractivity contribution is -0.151. The SMILES string of the molecule is CCOC(=O)C1(NC)CCc2cc(F)ccc21. The summed E-state index contributed by atoms with van der Waals surface area (Å²) in [5.41, 5.74) is 0.909. The lowest BCUT2D eigenvalue weighted by Crippen LogP contribution is -2.46. The van der Waals surface area contributed by atoms with Crippen molar-refractivity contribution in [3.05, 3.63) is 35.1 Å². The molecule has 0 aromatic heterocycles. The highest BCUT2D eigenvalue weighted by Gasteiger charge is 2.45. The molecule has 1 aromatic carbocycles. The Morgan fingerprint density at radius 1 is 1.59 bits per heavy atom. The molecule has 17 heavy (non-hydrogen) atoms. The Bertz CT molecular complexity index is 447. The van der Waals surface area contributed by atoms with Crippen LogP contribution in [0.3, 0.4) is 0 Å². The van der Waals surface area contributed by atoms with Crippen molar-refractivity contribution >= 4 is 5.97 Å². The number of hydrogen-bond acceptors (Lipinski definition) is 3. The molecule has 0 saturated heterocycles. The van der Waals surface area contributed by atoms with Crippen molar-refractivity contribution < 1.29 is 13.9 Å². The van der Waals surface area contributed by atoms with Gasteiger partial charge < -0.3 is 10.1 Å². The van der Waals surface area contributed by atoms with Crippen LogP contribution in [0.2, 0.25) is 0 Å². The first-order chi connectivity index (χ1) is 8.14. The Balaban J connectivity index is 2.43. The molecule has 0 amide bonds. The van der Waals surface area contributed by atoms with E-state index in [2.05, 4.69) is 5.32 Å². The summed E-state index contributed by atoms with van der Waals surface area (Å²) in [6.07, 6.45) is 1.30. The van der Waals surface area contributed by atoms with Crippen LogP contribution >= 0.6 is 0 Å². The summed E-state index contributed by atoms with van der Waals surface area (Å²) < 4.78 is 18.2. The number of carbonyl (C=O) groups excluding carboxylic acids is 1. The number of halogens is 1. The first-order valence-electron chi connectivity index (χ1n) is 5.79. The fourth-order valence-corrected chi connectivity index (χ4v) is 2.47. The van der Waals surface area contributed by atoms with Gasteiger partial charge in [-0.05, 0) is 50.1 Å². The molecule has 0 aliphatic heterocycles. The number of aryl methyl sites for hydroxylation is 1. The number of likely N-dealkylation sites (N-methyl/N-ethyl adjacent to an activating group) is 1. The van der Waals surface area contributed by atoms with Crippen molar-refractivity contribution in [1.82, 2.24) is 5.32 Å². The first-order valence-corrected chi connectivity index (χ1v) is 5.79. The molecule has 3 nitrogen and oxygen atoms in total. The number of rotatable bonds is 3. The number of carbonyl (C=O) groups is 1. The fraction of sp³-hybridized carbons (Fsp3) is 0.462. The van der Waals surface area contributed by atoms with Crippen LogP contribution in [0.25, 0.3) is 0 Å². The highest BCUT2D eigenvalue weighted by atomic mass is 19.1. The maximum Gasteiger partial charge on any atom is 0.331 e. The zero-order valence-electron chi connectivity index (χ0n) is 10.0. The normalized spacial score (nSPS) is 22.3. The van der Waals surface area contributed by atoms with Crippen LogP contribution in [0.4, 0.5) is 4.39 Å². The maximum atomic E-state index is 13.1. The second kappa shape index (κ2) is 4.45. The second-order valence-corrected chi connectivity index (χ2v) is 4.18. The number of benzene rings is 1. The Hall–Kier alpha value is -1.42. The molecule has 0 spiro atoms. The van der Waals surface area contributed by atoms with Crippen molar-refractivity contribution in [2.45, 2.75) is 25.3 Å². The van der Waals surface area contributed by atoms with E-state index in [4.69, 9.17) is 4.74 Å². The minimum atomic E-state index is -0.807. The van der Waals surface area contributed by atoms with Gasteiger partial charge in [-0.3, -0.25) is 0 Å². The molecule has 1 aliphatic rings. The monoisotopic (exact) mass is 237 g/mol. The number of hydrogen-bond donors (Lipinski definition) is 1. The smallest absolute Gasteiger partial charge is 0.331 e. The predicted molar refractivity (Wildman–Crippen MR) is 62.1 cm³/mol. The molecule has 0 heterocycles. The van der Waals surface area contributed by atoms with Gasteiger partial charge in [0.05, 0.1) is 6.61 Å². The van der Waals surface area contributed by atoms with Crippen LogP contribution in [0.15, 0.2) is 18.2 Å². The van der Waals surface area contributed by atoms with E-state index in [1.807, 2.05) is 0 Å². The summed E-state index contributed by atoms with van der Waals surface area (Å²) in [5, 5.41) is 3.04. The summed E-state index contributed by atoms with van der Waals surface area (Å²) in [4.78, 5) is 12.1. The average Bonchev–Trinajstić information content (AvgIpc) is 2.68. The summed E-state index contributed by atoms with van der Waals surface area (Å²) in [6, 6.07) is 4.55. The van der Waals surface area contributed by atoms with Crippen LogP contribution in [-0.2, 0) is 21.5 Å². The number of nitrogens with one attached hydrogen (secondary N) is 1. The van der Waals surface area contributed by atoms with E-state index in [0.717, 1.165) is 11.1 Å². The predicted octanol–water partition coefficient (Wildman–Crippen LogP) is 1.75. The molecule has 0 fully saturated rings. The maximum absolute atomic E-state index is 13.1. The van der Waals surface area contributed by atoms with Crippen molar-refractivity contribution in [2.75, 3.05) is 13.7 Å². The molecule has 0 radical (unpaired) electrons. The van der Waals surface area contributed by atoms with Crippen molar-refractivity contribution in [3.8, 4) is 0 Å². The van der Waals surface area contributed by atoms with Gasteiger partial charge in [0.1, 0.15) is 11.4 Å². The number of esters is 1. The zero-order chi connectivity index (χ0) is 12.5. The van der Waals surface area contributed by atoms with E-state index in [-0.39, 0.29) is 11.8 Å². The van der Waals surface area contributed by atoms with E-state index in [1.54, 1.807) is 20.0 Å². The molecule has 1 unspecified atom stereocenters. The average molecular weight is 237 g/mol. The molecule has 92 valence electrons. The van der Waals surface area contributed by atoms with Crippen LogP contribution in [0.5, 0.6) is 0 Å². The second-order valence-electron chi connectivity index (χ2n) is 4.18. The topological polar surface area (TPSA) is 38.3 Å². The lowest BCUT2D eigenvalue weighted by Gasteiger charge is -2.27. The largest absolute Gasteiger partial charge is 0.464 e. The molecular formula is C13H16FNO2. The fourth-order valence-electron chi connectivity index (χ4n) is 2.47. The quantitative estimate of drug-likeness (QED) is 0.814. The van der Waals surface area contributed by atoms with Crippen LogP contribution in [0, 0.1) is 5.82 Å². The highest BCUT2D eigenvalue weighted by Crippen LogP contribution is 2.38. The summed E-state index contributed by atoms with van der Waals surface area (Å²) >= 11 is 0. The molecule has 1 aromatic rings. The standard InChI is InChI=1S/C13H16FNO2/c1-3-17-12(16)13(15-2)7-6-9-8-10(14)4-5-11(9)13/h4-5,8,15H,3,6-7H2,1-2H3. The summed E-state index contributed by atoms with van der Waals surface area (Å²) in [7, 11) is 1.73. The summed E-state index contributed by atoms with van der Waals surface area (Å²) in [5.74, 6) is -0.549. The molecule has 0 bridgehead atoms. The minimum Gasteiger partial charge on any atom is -0.464 e. The lowest BCUT2D eigenvalue weighted by atomic mass is 9.92. The first kappa shape index (κ1) is 12.0. The van der Waals surface area contributed by atoms with E-state index in [9.17, 15) is 9.18 Å². The van der Waals surface area contributed by atoms with Gasteiger partial charge in [0.15, 0.2) is 0 Å². The molecule has 2 rings (SSSR count). The van der Waals surface area contributed by atoms with Crippen molar-refractivity contribution in [1.29, 1.82) is 0 Å². The Morgan fingerprint density at radius 3 is 3.00 bits per heavy atom. The molecule has 1 N–H and O–H groups in total. The van der Waals surface area contributed by atoms with Gasteiger partial charge in [0.25, 0.3) is 0 Å². The van der Waals surface area contributed by atoms with E-state index in [1.165, 1.54) is 12.1 Å². The Labute approximate surface area is 100.0 Å². The molecular weight excluding hydrogens is 221 g/mol. The van der Waals surface area contributed by atoms with E-state index < -0.39 is 5.54 Å². The third kappa shape index (κ3) is 1.82. The molecule has 0 saturated carbocycles. The molecule has 1 aliphatic carbocycles. The van der Waals surface area contributed by atoms with Gasteiger partial charge in [0.2, 0.25) is 0 Å².